The van der Waals surface area contributed by atoms with E-state index in [0.29, 0.717) is 34.8 Å². The summed E-state index contributed by atoms with van der Waals surface area (Å²) in [7, 11) is -3.59. The number of rotatable bonds is 10. The molecule has 12 nitrogen and oxygen atoms in total. The second-order valence-corrected chi connectivity index (χ2v) is 16.4. The van der Waals surface area contributed by atoms with Gasteiger partial charge < -0.3 is 15.6 Å². The highest BCUT2D eigenvalue weighted by atomic mass is 32.2. The number of alkyl halides is 3. The van der Waals surface area contributed by atoms with E-state index in [2.05, 4.69) is 39.2 Å². The minimum Gasteiger partial charge on any atom is -0.368 e. The van der Waals surface area contributed by atoms with Gasteiger partial charge in [-0.15, -0.1) is 11.3 Å². The van der Waals surface area contributed by atoms with E-state index in [9.17, 15) is 31.6 Å². The number of aromatic nitrogens is 3. The first-order valence-corrected chi connectivity index (χ1v) is 19.1. The molecule has 2 aliphatic heterocycles. The smallest absolute Gasteiger partial charge is 0.368 e. The van der Waals surface area contributed by atoms with Crippen LogP contribution in [-0.4, -0.2) is 106 Å². The van der Waals surface area contributed by atoms with Crippen LogP contribution in [0.25, 0.3) is 21.1 Å². The number of amides is 1. The lowest BCUT2D eigenvalue weighted by molar-refractivity contribution is -0.126. The molecule has 50 heavy (non-hydrogen) atoms. The number of nitriles is 1. The Kier molecular flexibility index (Phi) is 10.1. The summed E-state index contributed by atoms with van der Waals surface area (Å²) in [5.41, 5.74) is 9.29. The molecule has 0 bridgehead atoms. The number of likely N-dealkylation sites (tertiary alicyclic amines) is 1. The Labute approximate surface area is 292 Å². The number of sulfonamides is 1. The lowest BCUT2D eigenvalue weighted by Gasteiger charge is -2.41. The van der Waals surface area contributed by atoms with Crippen molar-refractivity contribution < 1.29 is 26.4 Å². The average molecular weight is 732 g/mol. The van der Waals surface area contributed by atoms with Gasteiger partial charge in [-0.2, -0.15) is 22.7 Å². The monoisotopic (exact) mass is 731 g/mol. The number of piperazine rings is 1. The zero-order valence-electron chi connectivity index (χ0n) is 28.1. The first kappa shape index (κ1) is 36.0. The number of carbonyl (C=O) groups excluding carboxylic acids is 1. The van der Waals surface area contributed by atoms with Crippen LogP contribution in [0, 0.1) is 18.3 Å². The number of nitrogens with two attached hydrogens (primary N) is 1. The van der Waals surface area contributed by atoms with E-state index in [4.69, 9.17) is 5.73 Å². The maximum absolute atomic E-state index is 13.0. The van der Waals surface area contributed by atoms with Crippen LogP contribution in [0.5, 0.6) is 0 Å². The molecule has 3 N–H and O–H groups in total. The lowest BCUT2D eigenvalue weighted by Crippen LogP contribution is -2.61. The summed E-state index contributed by atoms with van der Waals surface area (Å²) in [6, 6.07) is 9.00. The molecule has 2 aliphatic rings. The summed E-state index contributed by atoms with van der Waals surface area (Å²) in [5, 5.41) is 15.1. The summed E-state index contributed by atoms with van der Waals surface area (Å²) in [4.78, 5) is 25.8. The van der Waals surface area contributed by atoms with Gasteiger partial charge in [0.05, 0.1) is 18.1 Å². The van der Waals surface area contributed by atoms with Crippen LogP contribution < -0.4 is 11.1 Å². The fraction of sp³-hybridized carbons (Fsp3) is 0.515. The predicted molar refractivity (Wildman–Crippen MR) is 186 cm³/mol. The molecule has 268 valence electrons. The first-order chi connectivity index (χ1) is 23.6. The molecule has 2 fully saturated rings. The van der Waals surface area contributed by atoms with E-state index < -0.39 is 34.6 Å². The number of nitrogens with one attached hydrogen (secondary N) is 1. The zero-order chi connectivity index (χ0) is 36.0. The number of thiophene rings is 1. The number of fused-ring (bicyclic) bond motifs is 2. The van der Waals surface area contributed by atoms with Crippen molar-refractivity contribution in [1.29, 1.82) is 5.26 Å². The van der Waals surface area contributed by atoms with Crippen molar-refractivity contribution in [3.05, 3.63) is 52.3 Å². The SMILES string of the molecule is Cc1c(CN2CCC(Nc3ncnc4sc(CC(F)(F)F)cc34)CC2)ccc2c1cc(C#N)n2C[C@H](C)N1CCN(S(C)(=O)=O)[C@H](C(N)=O)C1. The molecule has 1 aromatic carbocycles. The van der Waals surface area contributed by atoms with Gasteiger partial charge in [0, 0.05) is 73.7 Å². The summed E-state index contributed by atoms with van der Waals surface area (Å²) in [6.07, 6.45) is -1.11. The van der Waals surface area contributed by atoms with E-state index in [0.717, 1.165) is 76.4 Å². The zero-order valence-corrected chi connectivity index (χ0v) is 29.7. The Hall–Kier alpha value is -3.82. The molecule has 6 rings (SSSR count). The number of hydrogen-bond acceptors (Lipinski definition) is 10. The molecule has 2 atom stereocenters. The van der Waals surface area contributed by atoms with Crippen molar-refractivity contribution in [1.82, 2.24) is 28.6 Å². The van der Waals surface area contributed by atoms with Crippen LogP contribution >= 0.6 is 11.3 Å². The maximum Gasteiger partial charge on any atom is 0.393 e. The number of primary amides is 1. The normalized spacial score (nSPS) is 19.6. The standard InChI is InChI=1S/C33H40F3N9O3S2/c1-20(43-10-11-45(50(3,47)48)29(18-43)30(38)46)16-44-24(15-37)12-26-21(2)22(4-5-28(26)44)17-42-8-6-23(7-9-42)41-31-27-13-25(14-33(34,35)36)49-32(27)40-19-39-31/h4-5,12-13,19-20,23,29H,6-11,14,16-18H2,1-3H3,(H2,38,46)(H,39,40,41)/t20-,29-/m0/s1. The topological polar surface area (TPSA) is 153 Å². The predicted octanol–water partition coefficient (Wildman–Crippen LogP) is 3.83. The Bertz CT molecular complexity index is 2050. The summed E-state index contributed by atoms with van der Waals surface area (Å²) >= 11 is 1.04. The van der Waals surface area contributed by atoms with Crippen molar-refractivity contribution in [2.24, 2.45) is 5.73 Å². The van der Waals surface area contributed by atoms with Crippen LogP contribution in [-0.2, 0) is 34.3 Å². The van der Waals surface area contributed by atoms with Gasteiger partial charge in [0.25, 0.3) is 0 Å². The number of anilines is 1. The molecule has 4 aromatic rings. The number of carbonyl (C=O) groups is 1. The van der Waals surface area contributed by atoms with Gasteiger partial charge in [0.2, 0.25) is 15.9 Å². The van der Waals surface area contributed by atoms with Crippen molar-refractivity contribution >= 4 is 54.2 Å². The number of nitrogens with zero attached hydrogens (tertiary/aromatic N) is 7. The quantitative estimate of drug-likeness (QED) is 0.248. The summed E-state index contributed by atoms with van der Waals surface area (Å²) in [6.45, 7) is 7.71. The molecule has 1 amide bonds. The van der Waals surface area contributed by atoms with Gasteiger partial charge in [-0.25, -0.2) is 18.4 Å². The first-order valence-electron chi connectivity index (χ1n) is 16.4. The Morgan fingerprint density at radius 3 is 2.56 bits per heavy atom. The minimum atomic E-state index is -4.28. The average Bonchev–Trinajstić information content (AvgIpc) is 3.63. The van der Waals surface area contributed by atoms with Crippen LogP contribution in [0.3, 0.4) is 0 Å². The molecule has 0 spiro atoms. The van der Waals surface area contributed by atoms with Gasteiger partial charge in [0.15, 0.2) is 0 Å². The van der Waals surface area contributed by atoms with Crippen LogP contribution in [0.15, 0.2) is 30.6 Å². The Morgan fingerprint density at radius 1 is 1.16 bits per heavy atom. The van der Waals surface area contributed by atoms with Crippen molar-refractivity contribution in [3.63, 3.8) is 0 Å². The third-order valence-electron chi connectivity index (χ3n) is 9.85. The molecule has 0 unspecified atom stereocenters. The van der Waals surface area contributed by atoms with E-state index in [1.165, 1.54) is 12.4 Å². The molecule has 3 aromatic heterocycles. The maximum atomic E-state index is 13.0. The highest BCUT2D eigenvalue weighted by Gasteiger charge is 2.38. The van der Waals surface area contributed by atoms with Crippen molar-refractivity contribution in [3.8, 4) is 6.07 Å². The summed E-state index contributed by atoms with van der Waals surface area (Å²) < 4.78 is 66.5. The number of piperidine rings is 1. The molecular formula is C33H40F3N9O3S2. The second-order valence-electron chi connectivity index (χ2n) is 13.3. The van der Waals surface area contributed by atoms with Crippen molar-refractivity contribution in [2.75, 3.05) is 44.3 Å². The van der Waals surface area contributed by atoms with E-state index in [-0.39, 0.29) is 30.1 Å². The Balaban J connectivity index is 1.10. The molecule has 5 heterocycles. The molecular weight excluding hydrogens is 692 g/mol. The van der Waals surface area contributed by atoms with Gasteiger partial charge in [-0.3, -0.25) is 14.6 Å². The van der Waals surface area contributed by atoms with Gasteiger partial charge in [-0.1, -0.05) is 6.07 Å². The molecule has 0 radical (unpaired) electrons. The molecule has 0 saturated carbocycles. The van der Waals surface area contributed by atoms with Gasteiger partial charge in [-0.05, 0) is 56.0 Å². The minimum absolute atomic E-state index is 0.101. The van der Waals surface area contributed by atoms with E-state index in [1.807, 2.05) is 28.5 Å². The summed E-state index contributed by atoms with van der Waals surface area (Å²) in [5.74, 6) is -0.123. The number of aryl methyl sites for hydroxylation is 1. The lowest BCUT2D eigenvalue weighted by atomic mass is 10.0. The molecule has 2 saturated heterocycles. The third-order valence-corrected chi connectivity index (χ3v) is 12.2. The van der Waals surface area contributed by atoms with Gasteiger partial charge in [0.1, 0.15) is 34.8 Å². The van der Waals surface area contributed by atoms with Crippen LogP contribution in [0.2, 0.25) is 0 Å². The highest BCUT2D eigenvalue weighted by molar-refractivity contribution is 7.88. The van der Waals surface area contributed by atoms with Gasteiger partial charge >= 0.3 is 6.18 Å². The van der Waals surface area contributed by atoms with Crippen LogP contribution in [0.4, 0.5) is 19.0 Å². The molecule has 17 heteroatoms. The highest BCUT2D eigenvalue weighted by Crippen LogP contribution is 2.34. The van der Waals surface area contributed by atoms with E-state index in [1.54, 1.807) is 0 Å². The number of halogens is 3. The van der Waals surface area contributed by atoms with Crippen LogP contribution in [0.1, 0.15) is 41.5 Å². The van der Waals surface area contributed by atoms with Crippen molar-refractivity contribution in [2.45, 2.75) is 70.5 Å². The fourth-order valence-electron chi connectivity index (χ4n) is 7.15. The van der Waals surface area contributed by atoms with E-state index >= 15 is 0 Å². The molecule has 0 aliphatic carbocycles. The number of hydrogen-bond donors (Lipinski definition) is 2. The second kappa shape index (κ2) is 14.1. The fourth-order valence-corrected chi connectivity index (χ4v) is 9.23. The Morgan fingerprint density at radius 2 is 1.90 bits per heavy atom. The number of benzene rings is 1. The largest absolute Gasteiger partial charge is 0.393 e. The third kappa shape index (κ3) is 7.74.